The first-order valence-corrected chi connectivity index (χ1v) is 9.80. The monoisotopic (exact) mass is 385 g/mol. The predicted octanol–water partition coefficient (Wildman–Crippen LogP) is 2.87. The van der Waals surface area contributed by atoms with E-state index in [1.165, 1.54) is 36.6 Å². The van der Waals surface area contributed by atoms with Crippen LogP contribution in [0, 0.1) is 5.82 Å². The Morgan fingerprint density at radius 3 is 2.52 bits per heavy atom. The van der Waals surface area contributed by atoms with Crippen molar-refractivity contribution in [1.82, 2.24) is 0 Å². The second-order valence-corrected chi connectivity index (χ2v) is 8.10. The summed E-state index contributed by atoms with van der Waals surface area (Å²) in [5, 5.41) is 4.57. The number of esters is 1. The van der Waals surface area contributed by atoms with E-state index in [1.54, 1.807) is 5.38 Å². The molecule has 0 aliphatic heterocycles. The van der Waals surface area contributed by atoms with Crippen LogP contribution >= 0.6 is 11.3 Å². The highest BCUT2D eigenvalue weighted by Gasteiger charge is 2.17. The van der Waals surface area contributed by atoms with Crippen LogP contribution in [0.5, 0.6) is 0 Å². The van der Waals surface area contributed by atoms with Gasteiger partial charge in [-0.15, -0.1) is 11.3 Å². The summed E-state index contributed by atoms with van der Waals surface area (Å²) in [6, 6.07) is 6.07. The number of hydrogen-bond donors (Lipinski definition) is 1. The SMILES string of the molecule is COC(=O)c1ccsc1NC(=O)CCCS(=O)(=O)c1ccc(F)cc1. The van der Waals surface area contributed by atoms with Crippen molar-refractivity contribution in [2.24, 2.45) is 0 Å². The summed E-state index contributed by atoms with van der Waals surface area (Å²) in [4.78, 5) is 23.5. The lowest BCUT2D eigenvalue weighted by atomic mass is 10.3. The standard InChI is InChI=1S/C16H16FNO5S2/c1-23-16(20)13-8-9-24-15(13)18-14(19)3-2-10-25(21,22)12-6-4-11(17)5-7-12/h4-9H,2-3,10H2,1H3,(H,18,19). The number of rotatable bonds is 7. The topological polar surface area (TPSA) is 89.5 Å². The van der Waals surface area contributed by atoms with E-state index in [0.29, 0.717) is 5.00 Å². The van der Waals surface area contributed by atoms with Gasteiger partial charge in [-0.25, -0.2) is 17.6 Å². The van der Waals surface area contributed by atoms with Gasteiger partial charge in [0, 0.05) is 6.42 Å². The minimum atomic E-state index is -3.58. The fourth-order valence-corrected chi connectivity index (χ4v) is 4.15. The first-order chi connectivity index (χ1) is 11.8. The predicted molar refractivity (Wildman–Crippen MR) is 92.0 cm³/mol. The van der Waals surface area contributed by atoms with E-state index in [1.807, 2.05) is 0 Å². The minimum absolute atomic E-state index is 0.0144. The Morgan fingerprint density at radius 1 is 1.20 bits per heavy atom. The van der Waals surface area contributed by atoms with Crippen molar-refractivity contribution in [3.63, 3.8) is 0 Å². The molecule has 2 rings (SSSR count). The van der Waals surface area contributed by atoms with Crippen LogP contribution in [0.2, 0.25) is 0 Å². The van der Waals surface area contributed by atoms with E-state index in [0.717, 1.165) is 12.1 Å². The summed E-state index contributed by atoms with van der Waals surface area (Å²) in [6.07, 6.45) is 0.0728. The second kappa shape index (κ2) is 8.21. The first-order valence-electron chi connectivity index (χ1n) is 7.27. The Hall–Kier alpha value is -2.26. The van der Waals surface area contributed by atoms with Crippen LogP contribution in [0.1, 0.15) is 23.2 Å². The lowest BCUT2D eigenvalue weighted by Gasteiger charge is -2.06. The molecule has 0 saturated carbocycles. The molecular weight excluding hydrogens is 369 g/mol. The average Bonchev–Trinajstić information content (AvgIpc) is 3.02. The van der Waals surface area contributed by atoms with E-state index in [2.05, 4.69) is 10.1 Å². The van der Waals surface area contributed by atoms with Gasteiger partial charge in [0.25, 0.3) is 0 Å². The molecule has 0 fully saturated rings. The Morgan fingerprint density at radius 2 is 1.88 bits per heavy atom. The smallest absolute Gasteiger partial charge is 0.340 e. The summed E-state index contributed by atoms with van der Waals surface area (Å²) >= 11 is 1.17. The van der Waals surface area contributed by atoms with Crippen LogP contribution in [0.4, 0.5) is 9.39 Å². The van der Waals surface area contributed by atoms with Gasteiger partial charge in [0.1, 0.15) is 10.8 Å². The number of nitrogens with one attached hydrogen (secondary N) is 1. The van der Waals surface area contributed by atoms with Crippen LogP contribution in [0.25, 0.3) is 0 Å². The molecular formula is C16H16FNO5S2. The molecule has 0 unspecified atom stereocenters. The summed E-state index contributed by atoms with van der Waals surface area (Å²) in [5.41, 5.74) is 0.250. The Bertz CT molecular complexity index is 859. The normalized spacial score (nSPS) is 11.1. The van der Waals surface area contributed by atoms with Crippen LogP contribution in [0.3, 0.4) is 0 Å². The number of hydrogen-bond acceptors (Lipinski definition) is 6. The van der Waals surface area contributed by atoms with Crippen LogP contribution in [-0.2, 0) is 19.4 Å². The number of ether oxygens (including phenoxy) is 1. The number of benzene rings is 1. The maximum absolute atomic E-state index is 12.8. The fraction of sp³-hybridized carbons (Fsp3) is 0.250. The largest absolute Gasteiger partial charge is 0.465 e. The van der Waals surface area contributed by atoms with Gasteiger partial charge in [0.2, 0.25) is 5.91 Å². The molecule has 134 valence electrons. The van der Waals surface area contributed by atoms with Gasteiger partial charge in [-0.3, -0.25) is 4.79 Å². The molecule has 1 N–H and O–H groups in total. The number of anilines is 1. The fourth-order valence-electron chi connectivity index (χ4n) is 2.05. The number of carbonyl (C=O) groups is 2. The number of carbonyl (C=O) groups excluding carboxylic acids is 2. The molecule has 2 aromatic rings. The number of sulfone groups is 1. The molecule has 1 amide bonds. The molecule has 6 nitrogen and oxygen atoms in total. The van der Waals surface area contributed by atoms with E-state index < -0.39 is 27.5 Å². The zero-order valence-corrected chi connectivity index (χ0v) is 15.0. The third-order valence-electron chi connectivity index (χ3n) is 3.31. The molecule has 0 saturated heterocycles. The van der Waals surface area contributed by atoms with Crippen LogP contribution < -0.4 is 5.32 Å². The van der Waals surface area contributed by atoms with Gasteiger partial charge in [-0.1, -0.05) is 0 Å². The Balaban J connectivity index is 1.89. The van der Waals surface area contributed by atoms with Crippen LogP contribution in [0.15, 0.2) is 40.6 Å². The van der Waals surface area contributed by atoms with Gasteiger partial charge in [0.15, 0.2) is 9.84 Å². The maximum atomic E-state index is 12.8. The molecule has 25 heavy (non-hydrogen) atoms. The van der Waals surface area contributed by atoms with Gasteiger partial charge in [-0.2, -0.15) is 0 Å². The number of thiophene rings is 1. The lowest BCUT2D eigenvalue weighted by Crippen LogP contribution is -2.15. The Kier molecular flexibility index (Phi) is 6.27. The summed E-state index contributed by atoms with van der Waals surface area (Å²) in [7, 11) is -2.34. The summed E-state index contributed by atoms with van der Waals surface area (Å²) in [6.45, 7) is 0. The summed E-state index contributed by atoms with van der Waals surface area (Å²) in [5.74, 6) is -1.71. The van der Waals surface area contributed by atoms with Gasteiger partial charge in [-0.05, 0) is 42.1 Å². The number of methoxy groups -OCH3 is 1. The number of halogens is 1. The molecule has 0 spiro atoms. The van der Waals surface area contributed by atoms with Crippen molar-refractivity contribution >= 4 is 38.1 Å². The summed E-state index contributed by atoms with van der Waals surface area (Å²) < 4.78 is 41.7. The second-order valence-electron chi connectivity index (χ2n) is 5.08. The number of amides is 1. The molecule has 0 aliphatic carbocycles. The highest BCUT2D eigenvalue weighted by atomic mass is 32.2. The molecule has 0 radical (unpaired) electrons. The quantitative estimate of drug-likeness (QED) is 0.585. The molecule has 1 aromatic carbocycles. The van der Waals surface area contributed by atoms with Gasteiger partial charge < -0.3 is 10.1 Å². The molecule has 1 heterocycles. The third-order valence-corrected chi connectivity index (χ3v) is 5.96. The van der Waals surface area contributed by atoms with Gasteiger partial charge >= 0.3 is 5.97 Å². The maximum Gasteiger partial charge on any atom is 0.340 e. The third kappa shape index (κ3) is 5.10. The van der Waals surface area contributed by atoms with E-state index in [4.69, 9.17) is 0 Å². The van der Waals surface area contributed by atoms with E-state index >= 15 is 0 Å². The highest BCUT2D eigenvalue weighted by Crippen LogP contribution is 2.24. The van der Waals surface area contributed by atoms with E-state index in [9.17, 15) is 22.4 Å². The van der Waals surface area contributed by atoms with Crippen molar-refractivity contribution in [1.29, 1.82) is 0 Å². The van der Waals surface area contributed by atoms with Crippen molar-refractivity contribution in [2.75, 3.05) is 18.2 Å². The van der Waals surface area contributed by atoms with Crippen LogP contribution in [-0.4, -0.2) is 33.2 Å². The van der Waals surface area contributed by atoms with Crippen molar-refractivity contribution in [3.8, 4) is 0 Å². The minimum Gasteiger partial charge on any atom is -0.465 e. The zero-order chi connectivity index (χ0) is 18.4. The van der Waals surface area contributed by atoms with Crippen molar-refractivity contribution < 1.29 is 27.1 Å². The molecule has 0 bridgehead atoms. The zero-order valence-electron chi connectivity index (χ0n) is 13.3. The molecule has 1 aromatic heterocycles. The highest BCUT2D eigenvalue weighted by molar-refractivity contribution is 7.91. The first kappa shape index (κ1) is 19.1. The van der Waals surface area contributed by atoms with Gasteiger partial charge in [0.05, 0.1) is 23.3 Å². The molecule has 9 heteroatoms. The molecule has 0 atom stereocenters. The van der Waals surface area contributed by atoms with Crippen molar-refractivity contribution in [2.45, 2.75) is 17.7 Å². The Labute approximate surface area is 148 Å². The lowest BCUT2D eigenvalue weighted by molar-refractivity contribution is -0.116. The van der Waals surface area contributed by atoms with E-state index in [-0.39, 0.29) is 29.1 Å². The van der Waals surface area contributed by atoms with Crippen molar-refractivity contribution in [3.05, 3.63) is 47.1 Å². The molecule has 0 aliphatic rings. The average molecular weight is 385 g/mol.